The first-order chi connectivity index (χ1) is 9.37. The van der Waals surface area contributed by atoms with Crippen LogP contribution >= 0.6 is 0 Å². The number of hydrogen-bond donors (Lipinski definition) is 0. The average molecular weight is 272 g/mol. The molecule has 5 fully saturated rings. The molecule has 1 spiro atoms. The van der Waals surface area contributed by atoms with E-state index >= 15 is 0 Å². The van der Waals surface area contributed by atoms with Crippen LogP contribution < -0.4 is 0 Å². The summed E-state index contributed by atoms with van der Waals surface area (Å²) in [6.07, 6.45) is 13.3. The molecule has 0 aromatic rings. The zero-order valence-corrected chi connectivity index (χ0v) is 13.8. The van der Waals surface area contributed by atoms with Crippen LogP contribution in [-0.2, 0) is 0 Å². The summed E-state index contributed by atoms with van der Waals surface area (Å²) in [6.45, 7) is 12.3. The molecule has 0 heteroatoms. The predicted octanol–water partition coefficient (Wildman–Crippen LogP) is 5.98. The summed E-state index contributed by atoms with van der Waals surface area (Å²) in [5, 5.41) is 0. The lowest BCUT2D eigenvalue weighted by molar-refractivity contribution is -0.167. The second-order valence-electron chi connectivity index (χ2n) is 9.66. The normalized spacial score (nSPS) is 53.4. The third-order valence-corrected chi connectivity index (χ3v) is 8.41. The monoisotopic (exact) mass is 272 g/mol. The first-order valence-corrected chi connectivity index (χ1v) is 9.05. The highest BCUT2D eigenvalue weighted by Crippen LogP contribution is 2.71. The van der Waals surface area contributed by atoms with E-state index in [-0.39, 0.29) is 0 Å². The van der Waals surface area contributed by atoms with E-state index in [0.717, 1.165) is 17.8 Å². The van der Waals surface area contributed by atoms with Crippen LogP contribution in [0.5, 0.6) is 0 Å². The van der Waals surface area contributed by atoms with Crippen LogP contribution in [0.4, 0.5) is 0 Å². The highest BCUT2D eigenvalue weighted by Gasteiger charge is 2.62. The van der Waals surface area contributed by atoms with E-state index in [1.54, 1.807) is 5.57 Å². The molecule has 20 heavy (non-hydrogen) atoms. The Morgan fingerprint density at radius 1 is 0.950 bits per heavy atom. The standard InChI is InChI=1S/C20H32/c1-14-13-20-10-6-15(14)12-17(20)19(4)9-5-8-18(2,3)16(19)7-11-20/h15-17H,1,5-13H2,2-4H3/t15-,16-,17+,19-,20+/m1/s1. The SMILES string of the molecule is C=C1C[C@@]23CC[C@@H]1C[C@H]2[C@]1(C)CCCC(C)(C)[C@H]1CC3. The molecule has 5 aliphatic carbocycles. The molecule has 0 radical (unpaired) electrons. The van der Waals surface area contributed by atoms with Crippen molar-refractivity contribution in [3.05, 3.63) is 12.2 Å². The summed E-state index contributed by atoms with van der Waals surface area (Å²) in [6, 6.07) is 0. The van der Waals surface area contributed by atoms with Crippen LogP contribution in [0.25, 0.3) is 0 Å². The van der Waals surface area contributed by atoms with Crippen molar-refractivity contribution >= 4 is 0 Å². The Hall–Kier alpha value is -0.260. The minimum atomic E-state index is 0.586. The third-order valence-electron chi connectivity index (χ3n) is 8.41. The Kier molecular flexibility index (Phi) is 2.63. The maximum Gasteiger partial charge on any atom is -0.0202 e. The summed E-state index contributed by atoms with van der Waals surface area (Å²) < 4.78 is 0. The van der Waals surface area contributed by atoms with Crippen LogP contribution in [0.3, 0.4) is 0 Å². The van der Waals surface area contributed by atoms with Gasteiger partial charge in [-0.1, -0.05) is 39.3 Å². The van der Waals surface area contributed by atoms with Crippen molar-refractivity contribution < 1.29 is 0 Å². The average Bonchev–Trinajstić information content (AvgIpc) is 2.37. The summed E-state index contributed by atoms with van der Waals surface area (Å²) in [5.41, 5.74) is 3.51. The highest BCUT2D eigenvalue weighted by atomic mass is 14.7. The van der Waals surface area contributed by atoms with E-state index in [1.165, 1.54) is 57.8 Å². The zero-order valence-electron chi connectivity index (χ0n) is 13.8. The fraction of sp³-hybridized carbons (Fsp3) is 0.900. The van der Waals surface area contributed by atoms with E-state index < -0.39 is 0 Å². The second kappa shape index (κ2) is 3.93. The molecule has 5 atom stereocenters. The van der Waals surface area contributed by atoms with Crippen molar-refractivity contribution in [2.75, 3.05) is 0 Å². The quantitative estimate of drug-likeness (QED) is 0.476. The highest BCUT2D eigenvalue weighted by molar-refractivity contribution is 5.21. The van der Waals surface area contributed by atoms with Crippen molar-refractivity contribution in [1.82, 2.24) is 0 Å². The third kappa shape index (κ3) is 1.54. The lowest BCUT2D eigenvalue weighted by Crippen LogP contribution is -2.59. The van der Waals surface area contributed by atoms with Gasteiger partial charge in [-0.3, -0.25) is 0 Å². The molecule has 0 aliphatic heterocycles. The van der Waals surface area contributed by atoms with Gasteiger partial charge in [0.2, 0.25) is 0 Å². The fourth-order valence-electron chi connectivity index (χ4n) is 7.56. The van der Waals surface area contributed by atoms with Crippen molar-refractivity contribution in [3.63, 3.8) is 0 Å². The summed E-state index contributed by atoms with van der Waals surface area (Å²) in [7, 11) is 0. The molecule has 0 N–H and O–H groups in total. The molecule has 0 unspecified atom stereocenters. The van der Waals surface area contributed by atoms with Crippen LogP contribution in [-0.4, -0.2) is 0 Å². The molecule has 5 saturated carbocycles. The Morgan fingerprint density at radius 2 is 1.70 bits per heavy atom. The molecule has 0 saturated heterocycles. The molecule has 2 bridgehead atoms. The van der Waals surface area contributed by atoms with Crippen molar-refractivity contribution in [3.8, 4) is 0 Å². The maximum absolute atomic E-state index is 4.44. The topological polar surface area (TPSA) is 0 Å². The number of rotatable bonds is 0. The van der Waals surface area contributed by atoms with Gasteiger partial charge in [0.05, 0.1) is 0 Å². The molecular formula is C20H32. The molecule has 5 rings (SSSR count). The Morgan fingerprint density at radius 3 is 2.45 bits per heavy atom. The number of allylic oxidation sites excluding steroid dienone is 1. The van der Waals surface area contributed by atoms with Crippen LogP contribution in [0, 0.1) is 34.0 Å². The smallest absolute Gasteiger partial charge is 0.0202 e. The molecule has 112 valence electrons. The van der Waals surface area contributed by atoms with Gasteiger partial charge in [-0.2, -0.15) is 0 Å². The molecular weight excluding hydrogens is 240 g/mol. The van der Waals surface area contributed by atoms with Crippen molar-refractivity contribution in [1.29, 1.82) is 0 Å². The van der Waals surface area contributed by atoms with Crippen LogP contribution in [0.2, 0.25) is 0 Å². The second-order valence-corrected chi connectivity index (χ2v) is 9.66. The lowest BCUT2D eigenvalue weighted by Gasteiger charge is -2.68. The summed E-state index contributed by atoms with van der Waals surface area (Å²) in [5.74, 6) is 2.87. The van der Waals surface area contributed by atoms with Gasteiger partial charge in [-0.05, 0) is 85.4 Å². The molecule has 0 heterocycles. The van der Waals surface area contributed by atoms with Gasteiger partial charge in [-0.15, -0.1) is 0 Å². The van der Waals surface area contributed by atoms with Gasteiger partial charge in [0, 0.05) is 0 Å². The van der Waals surface area contributed by atoms with E-state index in [2.05, 4.69) is 27.4 Å². The minimum absolute atomic E-state index is 0.586. The van der Waals surface area contributed by atoms with Crippen molar-refractivity contribution in [2.24, 2.45) is 34.0 Å². The maximum atomic E-state index is 4.44. The first-order valence-electron chi connectivity index (χ1n) is 9.05. The summed E-state index contributed by atoms with van der Waals surface area (Å²) >= 11 is 0. The summed E-state index contributed by atoms with van der Waals surface area (Å²) in [4.78, 5) is 0. The van der Waals surface area contributed by atoms with E-state index in [0.29, 0.717) is 16.2 Å². The Balaban J connectivity index is 1.75. The van der Waals surface area contributed by atoms with Gasteiger partial charge < -0.3 is 0 Å². The van der Waals surface area contributed by atoms with E-state index in [1.807, 2.05) is 0 Å². The van der Waals surface area contributed by atoms with Crippen molar-refractivity contribution in [2.45, 2.75) is 78.6 Å². The molecule has 0 amide bonds. The molecule has 0 aromatic heterocycles. The Labute approximate surface area is 125 Å². The lowest BCUT2D eigenvalue weighted by atomic mass is 9.37. The van der Waals surface area contributed by atoms with Gasteiger partial charge in [0.15, 0.2) is 0 Å². The van der Waals surface area contributed by atoms with Crippen LogP contribution in [0.15, 0.2) is 12.2 Å². The zero-order chi connectivity index (χ0) is 14.2. The fourth-order valence-corrected chi connectivity index (χ4v) is 7.56. The number of fused-ring (bicyclic) bond motifs is 3. The van der Waals surface area contributed by atoms with E-state index in [4.69, 9.17) is 0 Å². The Bertz CT molecular complexity index is 445. The van der Waals surface area contributed by atoms with Gasteiger partial charge in [0.25, 0.3) is 0 Å². The van der Waals surface area contributed by atoms with Gasteiger partial charge in [-0.25, -0.2) is 0 Å². The van der Waals surface area contributed by atoms with E-state index in [9.17, 15) is 0 Å². The molecule has 0 aromatic carbocycles. The van der Waals surface area contributed by atoms with Gasteiger partial charge in [0.1, 0.15) is 0 Å². The largest absolute Gasteiger partial charge is 0.0996 e. The number of hydrogen-bond acceptors (Lipinski definition) is 0. The minimum Gasteiger partial charge on any atom is -0.0996 e. The van der Waals surface area contributed by atoms with Crippen LogP contribution in [0.1, 0.15) is 78.6 Å². The van der Waals surface area contributed by atoms with Gasteiger partial charge >= 0.3 is 0 Å². The first kappa shape index (κ1) is 13.4. The molecule has 5 aliphatic rings. The predicted molar refractivity (Wildman–Crippen MR) is 85.5 cm³/mol. The molecule has 0 nitrogen and oxygen atoms in total.